The third-order valence-corrected chi connectivity index (χ3v) is 7.20. The van der Waals surface area contributed by atoms with Gasteiger partial charge in [0.2, 0.25) is 0 Å². The second-order valence-electron chi connectivity index (χ2n) is 8.38. The standard InChI is InChI=1S/C26H26N4O2S/c1-28-13-15-29(16-14-28)26(32)27-20-11-12-24-22(17-20)30(18-19-7-3-2-4-8-19)25(31)21-9-5-6-10-23(21)33-24/h2-12,17H,13-16,18H2,1H3,(H,27,32). The molecule has 1 fully saturated rings. The van der Waals surface area contributed by atoms with Gasteiger partial charge in [0, 0.05) is 41.7 Å². The first kappa shape index (κ1) is 21.6. The van der Waals surface area contributed by atoms with Gasteiger partial charge in [-0.15, -0.1) is 0 Å². The lowest BCUT2D eigenvalue weighted by Gasteiger charge is -2.32. The van der Waals surface area contributed by atoms with Crippen LogP contribution in [-0.4, -0.2) is 55.0 Å². The summed E-state index contributed by atoms with van der Waals surface area (Å²) in [6.45, 7) is 3.60. The van der Waals surface area contributed by atoms with Gasteiger partial charge in [-0.05, 0) is 42.9 Å². The number of carbonyl (C=O) groups excluding carboxylic acids is 2. The molecular weight excluding hydrogens is 432 g/mol. The van der Waals surface area contributed by atoms with Crippen molar-refractivity contribution >= 4 is 35.1 Å². The zero-order valence-electron chi connectivity index (χ0n) is 18.5. The first-order chi connectivity index (χ1) is 16.1. The predicted octanol–water partition coefficient (Wildman–Crippen LogP) is 4.78. The fourth-order valence-electron chi connectivity index (χ4n) is 4.13. The van der Waals surface area contributed by atoms with E-state index in [4.69, 9.17) is 0 Å². The lowest BCUT2D eigenvalue weighted by molar-refractivity contribution is 0.0982. The molecule has 6 nitrogen and oxygen atoms in total. The molecule has 0 unspecified atom stereocenters. The number of likely N-dealkylation sites (N-methyl/N-ethyl adjacent to an activating group) is 1. The second-order valence-corrected chi connectivity index (χ2v) is 9.46. The summed E-state index contributed by atoms with van der Waals surface area (Å²) in [5, 5.41) is 3.04. The van der Waals surface area contributed by atoms with E-state index in [2.05, 4.69) is 17.3 Å². The maximum absolute atomic E-state index is 13.6. The van der Waals surface area contributed by atoms with Crippen LogP contribution in [0.3, 0.4) is 0 Å². The highest BCUT2D eigenvalue weighted by Crippen LogP contribution is 2.43. The maximum Gasteiger partial charge on any atom is 0.321 e. The maximum atomic E-state index is 13.6. The quantitative estimate of drug-likeness (QED) is 0.614. The third-order valence-electron chi connectivity index (χ3n) is 6.06. The fraction of sp³-hybridized carbons (Fsp3) is 0.231. The number of nitrogens with zero attached hydrogens (tertiary/aromatic N) is 3. The highest BCUT2D eigenvalue weighted by Gasteiger charge is 2.28. The van der Waals surface area contributed by atoms with Crippen molar-refractivity contribution in [1.82, 2.24) is 9.80 Å². The molecule has 0 bridgehead atoms. The third kappa shape index (κ3) is 4.60. The summed E-state index contributed by atoms with van der Waals surface area (Å²) in [7, 11) is 2.07. The number of rotatable bonds is 3. The van der Waals surface area contributed by atoms with Crippen LogP contribution in [0.4, 0.5) is 16.2 Å². The Morgan fingerprint density at radius 1 is 0.909 bits per heavy atom. The van der Waals surface area contributed by atoms with Crippen molar-refractivity contribution in [3.05, 3.63) is 83.9 Å². The van der Waals surface area contributed by atoms with Crippen molar-refractivity contribution in [3.8, 4) is 0 Å². The smallest absolute Gasteiger partial charge is 0.321 e. The number of hydrogen-bond acceptors (Lipinski definition) is 4. The minimum atomic E-state index is -0.103. The zero-order chi connectivity index (χ0) is 22.8. The monoisotopic (exact) mass is 458 g/mol. The predicted molar refractivity (Wildman–Crippen MR) is 132 cm³/mol. The highest BCUT2D eigenvalue weighted by molar-refractivity contribution is 7.99. The van der Waals surface area contributed by atoms with Crippen LogP contribution in [0.5, 0.6) is 0 Å². The van der Waals surface area contributed by atoms with Crippen LogP contribution in [0.25, 0.3) is 0 Å². The van der Waals surface area contributed by atoms with E-state index in [1.165, 1.54) is 0 Å². The minimum absolute atomic E-state index is 0.0387. The second kappa shape index (κ2) is 9.29. The topological polar surface area (TPSA) is 55.9 Å². The van der Waals surface area contributed by atoms with E-state index < -0.39 is 0 Å². The van der Waals surface area contributed by atoms with Crippen molar-refractivity contribution in [2.45, 2.75) is 16.3 Å². The summed E-state index contributed by atoms with van der Waals surface area (Å²) in [4.78, 5) is 34.3. The van der Waals surface area contributed by atoms with E-state index in [0.717, 1.165) is 34.1 Å². The molecule has 0 atom stereocenters. The lowest BCUT2D eigenvalue weighted by atomic mass is 10.1. The molecule has 0 aromatic heterocycles. The van der Waals surface area contributed by atoms with Gasteiger partial charge in [-0.2, -0.15) is 0 Å². The van der Waals surface area contributed by atoms with Crippen molar-refractivity contribution in [1.29, 1.82) is 0 Å². The Bertz CT molecular complexity index is 1180. The first-order valence-corrected chi connectivity index (χ1v) is 11.9. The van der Waals surface area contributed by atoms with E-state index in [1.807, 2.05) is 82.6 Å². The summed E-state index contributed by atoms with van der Waals surface area (Å²) >= 11 is 1.59. The largest absolute Gasteiger partial charge is 0.322 e. The van der Waals surface area contributed by atoms with Crippen LogP contribution in [0.1, 0.15) is 15.9 Å². The van der Waals surface area contributed by atoms with Crippen LogP contribution in [-0.2, 0) is 6.54 Å². The summed E-state index contributed by atoms with van der Waals surface area (Å²) in [6, 6.07) is 23.4. The molecule has 2 heterocycles. The molecule has 1 N–H and O–H groups in total. The van der Waals surface area contributed by atoms with Gasteiger partial charge >= 0.3 is 6.03 Å². The van der Waals surface area contributed by atoms with Crippen LogP contribution < -0.4 is 10.2 Å². The van der Waals surface area contributed by atoms with Gasteiger partial charge in [-0.3, -0.25) is 4.79 Å². The van der Waals surface area contributed by atoms with Crippen LogP contribution in [0.15, 0.2) is 82.6 Å². The van der Waals surface area contributed by atoms with Gasteiger partial charge in [0.1, 0.15) is 0 Å². The first-order valence-electron chi connectivity index (χ1n) is 11.1. The van der Waals surface area contributed by atoms with Crippen molar-refractivity contribution < 1.29 is 9.59 Å². The number of anilines is 2. The molecule has 2 aliphatic rings. The molecule has 5 rings (SSSR count). The highest BCUT2D eigenvalue weighted by atomic mass is 32.2. The van der Waals surface area contributed by atoms with Gasteiger partial charge in [0.05, 0.1) is 17.8 Å². The SMILES string of the molecule is CN1CCN(C(=O)Nc2ccc3c(c2)N(Cc2ccccc2)C(=O)c2ccccc2S3)CC1. The van der Waals surface area contributed by atoms with Gasteiger partial charge in [0.15, 0.2) is 0 Å². The normalized spacial score (nSPS) is 16.1. The molecule has 3 amide bonds. The lowest BCUT2D eigenvalue weighted by Crippen LogP contribution is -2.48. The van der Waals surface area contributed by atoms with E-state index in [9.17, 15) is 9.59 Å². The van der Waals surface area contributed by atoms with Crippen molar-refractivity contribution in [2.24, 2.45) is 0 Å². The van der Waals surface area contributed by atoms with E-state index >= 15 is 0 Å². The Hall–Kier alpha value is -3.29. The number of urea groups is 1. The van der Waals surface area contributed by atoms with E-state index in [1.54, 1.807) is 11.8 Å². The average Bonchev–Trinajstić information content (AvgIpc) is 2.95. The van der Waals surface area contributed by atoms with Gasteiger partial charge in [0.25, 0.3) is 5.91 Å². The summed E-state index contributed by atoms with van der Waals surface area (Å²) in [5.41, 5.74) is 3.24. The molecule has 33 heavy (non-hydrogen) atoms. The molecule has 3 aromatic carbocycles. The molecule has 0 aliphatic carbocycles. The minimum Gasteiger partial charge on any atom is -0.322 e. The molecule has 3 aromatic rings. The van der Waals surface area contributed by atoms with E-state index in [-0.39, 0.29) is 11.9 Å². The van der Waals surface area contributed by atoms with Crippen LogP contribution in [0, 0.1) is 0 Å². The molecule has 168 valence electrons. The average molecular weight is 459 g/mol. The van der Waals surface area contributed by atoms with Crippen LogP contribution >= 0.6 is 11.8 Å². The summed E-state index contributed by atoms with van der Waals surface area (Å²) in [6.07, 6.45) is 0. The number of benzene rings is 3. The Balaban J connectivity index is 1.47. The summed E-state index contributed by atoms with van der Waals surface area (Å²) in [5.74, 6) is -0.0387. The van der Waals surface area contributed by atoms with Gasteiger partial charge in [-0.1, -0.05) is 54.2 Å². The summed E-state index contributed by atoms with van der Waals surface area (Å²) < 4.78 is 0. The molecule has 0 spiro atoms. The Morgan fingerprint density at radius 2 is 1.64 bits per heavy atom. The number of nitrogens with one attached hydrogen (secondary N) is 1. The van der Waals surface area contributed by atoms with E-state index in [0.29, 0.717) is 30.9 Å². The van der Waals surface area contributed by atoms with Crippen molar-refractivity contribution in [2.75, 3.05) is 43.4 Å². The Morgan fingerprint density at radius 3 is 2.42 bits per heavy atom. The number of piperazine rings is 1. The molecule has 0 saturated carbocycles. The molecule has 2 aliphatic heterocycles. The van der Waals surface area contributed by atoms with Gasteiger partial charge in [-0.25, -0.2) is 4.79 Å². The van der Waals surface area contributed by atoms with Crippen molar-refractivity contribution in [3.63, 3.8) is 0 Å². The van der Waals surface area contributed by atoms with Crippen LogP contribution in [0.2, 0.25) is 0 Å². The Kier molecular flexibility index (Phi) is 6.07. The zero-order valence-corrected chi connectivity index (χ0v) is 19.3. The Labute approximate surface area is 198 Å². The fourth-order valence-corrected chi connectivity index (χ4v) is 5.19. The number of amides is 3. The number of fused-ring (bicyclic) bond motifs is 2. The van der Waals surface area contributed by atoms with Gasteiger partial charge < -0.3 is 20.0 Å². The molecule has 1 saturated heterocycles. The molecular formula is C26H26N4O2S. The number of hydrogen-bond donors (Lipinski definition) is 1. The number of carbonyl (C=O) groups is 2. The molecule has 0 radical (unpaired) electrons. The molecule has 7 heteroatoms.